The van der Waals surface area contributed by atoms with Crippen molar-refractivity contribution < 1.29 is 13.9 Å². The highest BCUT2D eigenvalue weighted by atomic mass is 32.2. The van der Waals surface area contributed by atoms with Crippen molar-refractivity contribution >= 4 is 23.5 Å². The van der Waals surface area contributed by atoms with Gasteiger partial charge in [0.1, 0.15) is 18.2 Å². The van der Waals surface area contributed by atoms with E-state index in [4.69, 9.17) is 4.74 Å². The quantitative estimate of drug-likeness (QED) is 0.628. The lowest BCUT2D eigenvalue weighted by atomic mass is 10.0. The number of tetrazole rings is 1. The largest absolute Gasteiger partial charge is 0.442 e. The second-order valence-corrected chi connectivity index (χ2v) is 6.92. The zero-order valence-corrected chi connectivity index (χ0v) is 15.3. The van der Waals surface area contributed by atoms with E-state index in [1.165, 1.54) is 22.0 Å². The van der Waals surface area contributed by atoms with Crippen molar-refractivity contribution in [3.8, 4) is 11.1 Å². The molecule has 3 aromatic rings. The van der Waals surface area contributed by atoms with Crippen LogP contribution in [0, 0.1) is 5.82 Å². The molecule has 1 saturated heterocycles. The van der Waals surface area contributed by atoms with Gasteiger partial charge in [0.15, 0.2) is 0 Å². The minimum Gasteiger partial charge on any atom is -0.442 e. The molecule has 1 aromatic heterocycles. The van der Waals surface area contributed by atoms with Crippen LogP contribution < -0.4 is 4.90 Å². The zero-order chi connectivity index (χ0) is 18.8. The van der Waals surface area contributed by atoms with Crippen LogP contribution in [0.25, 0.3) is 11.1 Å². The summed E-state index contributed by atoms with van der Waals surface area (Å²) in [5.74, 6) is -0.388. The van der Waals surface area contributed by atoms with Gasteiger partial charge < -0.3 is 4.74 Å². The number of hydrogen-bond acceptors (Lipinski definition) is 6. The molecule has 7 nitrogen and oxygen atoms in total. The number of hydrogen-bond donors (Lipinski definition) is 0. The van der Waals surface area contributed by atoms with E-state index in [1.54, 1.807) is 23.9 Å². The van der Waals surface area contributed by atoms with Crippen LogP contribution in [0.5, 0.6) is 0 Å². The van der Waals surface area contributed by atoms with Gasteiger partial charge in [-0.25, -0.2) is 13.9 Å². The maximum absolute atomic E-state index is 14.7. The molecular weight excluding hydrogens is 369 g/mol. The number of nitrogens with zero attached hydrogens (tertiary/aromatic N) is 5. The standard InChI is InChI=1S/C18H16FN5O2S/c1-27-15-5-2-12(3-6-15)16-7-4-13(8-17(16)19)24-10-14(26-18(24)25)9-23-11-20-21-22-23/h2-8,11,14H,9-10H2,1H3/t14-/m0/s1. The van der Waals surface area contributed by atoms with Crippen molar-refractivity contribution in [2.45, 2.75) is 17.5 Å². The van der Waals surface area contributed by atoms with Gasteiger partial charge in [-0.3, -0.25) is 4.90 Å². The number of benzene rings is 2. The molecule has 2 aromatic carbocycles. The van der Waals surface area contributed by atoms with Gasteiger partial charge in [-0.15, -0.1) is 16.9 Å². The van der Waals surface area contributed by atoms with Gasteiger partial charge in [0, 0.05) is 10.5 Å². The van der Waals surface area contributed by atoms with Crippen molar-refractivity contribution in [2.24, 2.45) is 0 Å². The molecule has 138 valence electrons. The Bertz CT molecular complexity index is 949. The fourth-order valence-corrected chi connectivity index (χ4v) is 3.38. The Labute approximate surface area is 159 Å². The molecule has 0 unspecified atom stereocenters. The van der Waals surface area contributed by atoms with Crippen LogP contribution in [-0.2, 0) is 11.3 Å². The van der Waals surface area contributed by atoms with Crippen molar-refractivity contribution in [1.82, 2.24) is 20.2 Å². The van der Waals surface area contributed by atoms with E-state index in [0.29, 0.717) is 24.3 Å². The number of rotatable bonds is 5. The second kappa shape index (κ2) is 7.36. The first-order valence-electron chi connectivity index (χ1n) is 8.27. The van der Waals surface area contributed by atoms with Crippen LogP contribution in [0.4, 0.5) is 14.9 Å². The molecule has 0 aliphatic carbocycles. The SMILES string of the molecule is CSc1ccc(-c2ccc(N3C[C@H](Cn4cnnn4)OC3=O)cc2F)cc1. The number of thioether (sulfide) groups is 1. The smallest absolute Gasteiger partial charge is 0.414 e. The number of carbonyl (C=O) groups is 1. The third-order valence-corrected chi connectivity index (χ3v) is 5.07. The number of anilines is 1. The molecule has 1 amide bonds. The first kappa shape index (κ1) is 17.5. The van der Waals surface area contributed by atoms with E-state index in [9.17, 15) is 9.18 Å². The molecular formula is C18H16FN5O2S. The number of ether oxygens (including phenoxy) is 1. The van der Waals surface area contributed by atoms with Gasteiger partial charge in [0.05, 0.1) is 18.8 Å². The number of carbonyl (C=O) groups excluding carboxylic acids is 1. The molecule has 1 aliphatic heterocycles. The van der Waals surface area contributed by atoms with E-state index in [-0.39, 0.29) is 5.82 Å². The minimum atomic E-state index is -0.510. The van der Waals surface area contributed by atoms with Crippen molar-refractivity contribution in [2.75, 3.05) is 17.7 Å². The topological polar surface area (TPSA) is 73.1 Å². The van der Waals surface area contributed by atoms with Gasteiger partial charge in [-0.2, -0.15) is 0 Å². The molecule has 27 heavy (non-hydrogen) atoms. The highest BCUT2D eigenvalue weighted by Crippen LogP contribution is 2.30. The number of aromatic nitrogens is 4. The highest BCUT2D eigenvalue weighted by Gasteiger charge is 2.33. The first-order chi connectivity index (χ1) is 13.1. The molecule has 0 saturated carbocycles. The molecule has 4 rings (SSSR count). The molecule has 0 N–H and O–H groups in total. The van der Waals surface area contributed by atoms with E-state index >= 15 is 0 Å². The van der Waals surface area contributed by atoms with E-state index in [0.717, 1.165) is 10.5 Å². The van der Waals surface area contributed by atoms with Crippen LogP contribution in [0.15, 0.2) is 53.7 Å². The van der Waals surface area contributed by atoms with Crippen molar-refractivity contribution in [3.63, 3.8) is 0 Å². The second-order valence-electron chi connectivity index (χ2n) is 6.04. The van der Waals surface area contributed by atoms with Crippen LogP contribution in [0.2, 0.25) is 0 Å². The lowest BCUT2D eigenvalue weighted by molar-refractivity contribution is 0.129. The Balaban J connectivity index is 1.52. The summed E-state index contributed by atoms with van der Waals surface area (Å²) in [4.78, 5) is 14.7. The van der Waals surface area contributed by atoms with Gasteiger partial charge in [0.25, 0.3) is 0 Å². The molecule has 0 spiro atoms. The summed E-state index contributed by atoms with van der Waals surface area (Å²) < 4.78 is 21.5. The minimum absolute atomic E-state index is 0.305. The first-order valence-corrected chi connectivity index (χ1v) is 9.49. The zero-order valence-electron chi connectivity index (χ0n) is 14.4. The average molecular weight is 385 g/mol. The summed E-state index contributed by atoms with van der Waals surface area (Å²) in [5, 5.41) is 10.9. The maximum atomic E-state index is 14.7. The van der Waals surface area contributed by atoms with E-state index in [1.807, 2.05) is 30.5 Å². The summed E-state index contributed by atoms with van der Waals surface area (Å²) in [5.41, 5.74) is 1.74. The predicted molar refractivity (Wildman–Crippen MR) is 99.0 cm³/mol. The fraction of sp³-hybridized carbons (Fsp3) is 0.222. The predicted octanol–water partition coefficient (Wildman–Crippen LogP) is 3.23. The number of cyclic esters (lactones) is 1. The van der Waals surface area contributed by atoms with Crippen molar-refractivity contribution in [1.29, 1.82) is 0 Å². The van der Waals surface area contributed by atoms with E-state index < -0.39 is 12.2 Å². The Hall–Kier alpha value is -2.94. The summed E-state index contributed by atoms with van der Waals surface area (Å²) >= 11 is 1.63. The van der Waals surface area contributed by atoms with Gasteiger partial charge in [-0.1, -0.05) is 12.1 Å². The van der Waals surface area contributed by atoms with Crippen molar-refractivity contribution in [3.05, 3.63) is 54.6 Å². The Morgan fingerprint density at radius 3 is 2.74 bits per heavy atom. The third kappa shape index (κ3) is 3.63. The van der Waals surface area contributed by atoms with Gasteiger partial charge in [-0.05, 0) is 52.6 Å². The maximum Gasteiger partial charge on any atom is 0.414 e. The Morgan fingerprint density at radius 2 is 2.07 bits per heavy atom. The molecule has 2 heterocycles. The Kier molecular flexibility index (Phi) is 4.76. The summed E-state index contributed by atoms with van der Waals surface area (Å²) in [6.45, 7) is 0.650. The molecule has 1 fully saturated rings. The van der Waals surface area contributed by atoms with Crippen LogP contribution in [0.1, 0.15) is 0 Å². The van der Waals surface area contributed by atoms with E-state index in [2.05, 4.69) is 15.5 Å². The average Bonchev–Trinajstić information content (AvgIpc) is 3.31. The van der Waals surface area contributed by atoms with Crippen LogP contribution >= 0.6 is 11.8 Å². The summed E-state index contributed by atoms with van der Waals surface area (Å²) in [7, 11) is 0. The lowest BCUT2D eigenvalue weighted by Crippen LogP contribution is -2.26. The summed E-state index contributed by atoms with van der Waals surface area (Å²) in [6, 6.07) is 12.4. The van der Waals surface area contributed by atoms with Crippen LogP contribution in [0.3, 0.4) is 0 Å². The monoisotopic (exact) mass is 385 g/mol. The normalized spacial score (nSPS) is 16.6. The van der Waals surface area contributed by atoms with Gasteiger partial charge in [0.2, 0.25) is 0 Å². The number of amides is 1. The fourth-order valence-electron chi connectivity index (χ4n) is 2.98. The van der Waals surface area contributed by atoms with Crippen LogP contribution in [-0.4, -0.2) is 45.2 Å². The lowest BCUT2D eigenvalue weighted by Gasteiger charge is -2.14. The molecule has 1 aliphatic rings. The van der Waals surface area contributed by atoms with Gasteiger partial charge >= 0.3 is 6.09 Å². The third-order valence-electron chi connectivity index (χ3n) is 4.32. The summed E-state index contributed by atoms with van der Waals surface area (Å²) in [6.07, 6.45) is 2.53. The molecule has 0 radical (unpaired) electrons. The Morgan fingerprint density at radius 1 is 1.26 bits per heavy atom. The highest BCUT2D eigenvalue weighted by molar-refractivity contribution is 7.98. The molecule has 9 heteroatoms. The number of halogens is 1. The molecule has 0 bridgehead atoms. The molecule has 1 atom stereocenters.